The first kappa shape index (κ1) is 27.5. The number of hydrogen-bond donors (Lipinski definition) is 0. The first-order valence-electron chi connectivity index (χ1n) is 16.3. The van der Waals surface area contributed by atoms with Crippen molar-refractivity contribution in [2.75, 3.05) is 12.0 Å². The highest BCUT2D eigenvalue weighted by atomic mass is 16.5. The van der Waals surface area contributed by atoms with Crippen molar-refractivity contribution in [1.82, 2.24) is 0 Å². The molecule has 0 spiro atoms. The Morgan fingerprint density at radius 3 is 0.979 bits per heavy atom. The molecule has 0 amide bonds. The van der Waals surface area contributed by atoms with Crippen LogP contribution in [0.4, 0.5) is 17.1 Å². The van der Waals surface area contributed by atoms with Gasteiger partial charge in [0.1, 0.15) is 5.75 Å². The molecule has 7 aromatic rings. The first-order chi connectivity index (χ1) is 23.3. The predicted octanol–water partition coefficient (Wildman–Crippen LogP) is 11.5. The average Bonchev–Trinajstić information content (AvgIpc) is 3.66. The lowest BCUT2D eigenvalue weighted by Gasteiger charge is -2.27. The van der Waals surface area contributed by atoms with Crippen LogP contribution in [-0.2, 0) is 0 Å². The van der Waals surface area contributed by atoms with Crippen LogP contribution < -0.4 is 9.64 Å². The Labute approximate surface area is 276 Å². The van der Waals surface area contributed by atoms with Gasteiger partial charge in [0.15, 0.2) is 0 Å². The maximum absolute atomic E-state index is 5.50. The third-order valence-electron chi connectivity index (χ3n) is 9.97. The zero-order valence-electron chi connectivity index (χ0n) is 26.2. The van der Waals surface area contributed by atoms with E-state index in [0.29, 0.717) is 0 Å². The van der Waals surface area contributed by atoms with Crippen LogP contribution >= 0.6 is 0 Å². The second-order valence-corrected chi connectivity index (χ2v) is 12.4. The Morgan fingerprint density at radius 2 is 0.660 bits per heavy atom. The van der Waals surface area contributed by atoms with E-state index in [1.807, 2.05) is 12.1 Å². The lowest BCUT2D eigenvalue weighted by atomic mass is 9.89. The van der Waals surface area contributed by atoms with Gasteiger partial charge < -0.3 is 9.64 Å². The number of benzene rings is 7. The molecule has 0 N–H and O–H groups in total. The second kappa shape index (κ2) is 11.2. The largest absolute Gasteiger partial charge is 0.497 e. The molecule has 0 aliphatic heterocycles. The normalized spacial score (nSPS) is 13.0. The molecule has 0 heterocycles. The Balaban J connectivity index is 1.10. The average molecular weight is 604 g/mol. The molecule has 0 atom stereocenters. The number of hydrogen-bond acceptors (Lipinski definition) is 2. The fraction of sp³-hybridized carbons (Fsp3) is 0.0667. The summed E-state index contributed by atoms with van der Waals surface area (Å²) in [6.45, 7) is 0. The standard InChI is InChI=1S/C45H33NO/c1-47-35-28-26-34(27-29-35)46(32-22-18-30(19-23-32)44-40-14-6-2-10-36(40)37-11-3-7-15-41(37)44)33-24-20-31(21-25-33)45-42-16-8-4-12-38(42)39-13-5-9-17-43(39)45/h2-29,44-45H,1H3. The second-order valence-electron chi connectivity index (χ2n) is 12.4. The van der Waals surface area contributed by atoms with Crippen LogP contribution in [0.1, 0.15) is 45.2 Å². The number of ether oxygens (including phenoxy) is 1. The Morgan fingerprint density at radius 1 is 0.362 bits per heavy atom. The van der Waals surface area contributed by atoms with Gasteiger partial charge in [-0.15, -0.1) is 0 Å². The van der Waals surface area contributed by atoms with E-state index < -0.39 is 0 Å². The van der Waals surface area contributed by atoms with Gasteiger partial charge in [-0.3, -0.25) is 0 Å². The lowest BCUT2D eigenvalue weighted by Crippen LogP contribution is -2.11. The fourth-order valence-corrected chi connectivity index (χ4v) is 7.84. The minimum absolute atomic E-state index is 0.224. The zero-order valence-corrected chi connectivity index (χ0v) is 26.2. The van der Waals surface area contributed by atoms with Gasteiger partial charge in [0, 0.05) is 28.9 Å². The van der Waals surface area contributed by atoms with Gasteiger partial charge in [0.05, 0.1) is 7.11 Å². The molecule has 2 heteroatoms. The van der Waals surface area contributed by atoms with E-state index in [-0.39, 0.29) is 11.8 Å². The van der Waals surface area contributed by atoms with Crippen molar-refractivity contribution in [2.24, 2.45) is 0 Å². The summed E-state index contributed by atoms with van der Waals surface area (Å²) in [5, 5.41) is 0. The summed E-state index contributed by atoms with van der Waals surface area (Å²) in [5.41, 5.74) is 16.8. The third-order valence-corrected chi connectivity index (χ3v) is 9.97. The molecule has 47 heavy (non-hydrogen) atoms. The molecule has 2 nitrogen and oxygen atoms in total. The van der Waals surface area contributed by atoms with Crippen molar-refractivity contribution in [3.05, 3.63) is 203 Å². The Hall–Kier alpha value is -5.86. The smallest absolute Gasteiger partial charge is 0.119 e. The number of anilines is 3. The fourth-order valence-electron chi connectivity index (χ4n) is 7.84. The Bertz CT molecular complexity index is 2000. The van der Waals surface area contributed by atoms with Crippen LogP contribution in [-0.4, -0.2) is 7.11 Å². The van der Waals surface area contributed by atoms with E-state index in [1.54, 1.807) is 7.11 Å². The molecule has 9 rings (SSSR count). The zero-order chi connectivity index (χ0) is 31.3. The molecular weight excluding hydrogens is 571 g/mol. The van der Waals surface area contributed by atoms with Gasteiger partial charge >= 0.3 is 0 Å². The molecule has 2 aliphatic carbocycles. The monoisotopic (exact) mass is 603 g/mol. The Kier molecular flexibility index (Phi) is 6.53. The van der Waals surface area contributed by atoms with E-state index in [1.165, 1.54) is 55.6 Å². The van der Waals surface area contributed by atoms with E-state index in [2.05, 4.69) is 163 Å². The van der Waals surface area contributed by atoms with E-state index in [0.717, 1.165) is 22.8 Å². The summed E-state index contributed by atoms with van der Waals surface area (Å²) in [6.07, 6.45) is 0. The molecule has 0 bridgehead atoms. The highest BCUT2D eigenvalue weighted by Crippen LogP contribution is 2.50. The molecule has 0 saturated carbocycles. The molecule has 224 valence electrons. The van der Waals surface area contributed by atoms with Gasteiger partial charge in [0.2, 0.25) is 0 Å². The topological polar surface area (TPSA) is 12.5 Å². The van der Waals surface area contributed by atoms with Gasteiger partial charge in [-0.05, 0) is 104 Å². The minimum atomic E-state index is 0.224. The quantitative estimate of drug-likeness (QED) is 0.187. The highest BCUT2D eigenvalue weighted by Gasteiger charge is 2.31. The van der Waals surface area contributed by atoms with Gasteiger partial charge in [-0.2, -0.15) is 0 Å². The van der Waals surface area contributed by atoms with E-state index in [4.69, 9.17) is 4.74 Å². The van der Waals surface area contributed by atoms with Crippen molar-refractivity contribution >= 4 is 17.1 Å². The maximum atomic E-state index is 5.50. The van der Waals surface area contributed by atoms with Gasteiger partial charge in [0.25, 0.3) is 0 Å². The van der Waals surface area contributed by atoms with Crippen LogP contribution in [0.2, 0.25) is 0 Å². The van der Waals surface area contributed by atoms with Crippen LogP contribution in [0.25, 0.3) is 22.3 Å². The maximum Gasteiger partial charge on any atom is 0.119 e. The highest BCUT2D eigenvalue weighted by molar-refractivity contribution is 5.83. The van der Waals surface area contributed by atoms with Crippen LogP contribution in [0, 0.1) is 0 Å². The first-order valence-corrected chi connectivity index (χ1v) is 16.3. The number of nitrogens with zero attached hydrogens (tertiary/aromatic N) is 1. The molecule has 0 saturated heterocycles. The van der Waals surface area contributed by atoms with Crippen molar-refractivity contribution in [2.45, 2.75) is 11.8 Å². The molecular formula is C45H33NO. The summed E-state index contributed by atoms with van der Waals surface area (Å²) in [7, 11) is 1.71. The summed E-state index contributed by atoms with van der Waals surface area (Å²) < 4.78 is 5.50. The van der Waals surface area contributed by atoms with Crippen LogP contribution in [0.5, 0.6) is 5.75 Å². The van der Waals surface area contributed by atoms with Crippen LogP contribution in [0.15, 0.2) is 170 Å². The van der Waals surface area contributed by atoms with Crippen molar-refractivity contribution in [3.8, 4) is 28.0 Å². The molecule has 0 aromatic heterocycles. The number of rotatable bonds is 6. The summed E-state index contributed by atoms with van der Waals surface area (Å²) >= 11 is 0. The van der Waals surface area contributed by atoms with Gasteiger partial charge in [-0.1, -0.05) is 121 Å². The SMILES string of the molecule is COc1ccc(N(c2ccc(C3c4ccccc4-c4ccccc43)cc2)c2ccc(C3c4ccccc4-c4ccccc43)cc2)cc1. The molecule has 0 radical (unpaired) electrons. The molecule has 2 aliphatic rings. The molecule has 0 unspecified atom stereocenters. The van der Waals surface area contributed by atoms with E-state index >= 15 is 0 Å². The number of methoxy groups -OCH3 is 1. The van der Waals surface area contributed by atoms with Gasteiger partial charge in [-0.25, -0.2) is 0 Å². The van der Waals surface area contributed by atoms with Crippen molar-refractivity contribution in [3.63, 3.8) is 0 Å². The molecule has 7 aromatic carbocycles. The van der Waals surface area contributed by atoms with Crippen LogP contribution in [0.3, 0.4) is 0 Å². The summed E-state index contributed by atoms with van der Waals surface area (Å²) in [5.74, 6) is 1.29. The number of fused-ring (bicyclic) bond motifs is 6. The minimum Gasteiger partial charge on any atom is -0.497 e. The van der Waals surface area contributed by atoms with Crippen molar-refractivity contribution < 1.29 is 4.74 Å². The predicted molar refractivity (Wildman–Crippen MR) is 193 cm³/mol. The van der Waals surface area contributed by atoms with Crippen molar-refractivity contribution in [1.29, 1.82) is 0 Å². The third kappa shape index (κ3) is 4.48. The molecule has 0 fully saturated rings. The summed E-state index contributed by atoms with van der Waals surface area (Å²) in [4.78, 5) is 2.33. The van der Waals surface area contributed by atoms with E-state index in [9.17, 15) is 0 Å². The lowest BCUT2D eigenvalue weighted by molar-refractivity contribution is 0.415. The summed E-state index contributed by atoms with van der Waals surface area (Å²) in [6, 6.07) is 61.9.